The van der Waals surface area contributed by atoms with Crippen molar-refractivity contribution in [3.63, 3.8) is 0 Å². The van der Waals surface area contributed by atoms with Gasteiger partial charge < -0.3 is 19.5 Å². The molecule has 0 saturated carbocycles. The lowest BCUT2D eigenvalue weighted by atomic mass is 10.1. The molecule has 0 aliphatic carbocycles. The first-order valence-electron chi connectivity index (χ1n) is 8.90. The summed E-state index contributed by atoms with van der Waals surface area (Å²) < 4.78 is 5.08. The molecule has 0 saturated heterocycles. The summed E-state index contributed by atoms with van der Waals surface area (Å²) in [4.78, 5) is 28.6. The molecule has 6 nitrogen and oxygen atoms in total. The van der Waals surface area contributed by atoms with Gasteiger partial charge in [0.2, 0.25) is 0 Å². The van der Waals surface area contributed by atoms with Gasteiger partial charge in [-0.15, -0.1) is 0 Å². The molecule has 2 amide bonds. The number of benzene rings is 2. The normalized spacial score (nSPS) is 10.4. The van der Waals surface area contributed by atoms with Crippen molar-refractivity contribution in [3.05, 3.63) is 83.8 Å². The minimum absolute atomic E-state index is 0.120. The van der Waals surface area contributed by atoms with Crippen LogP contribution in [0.3, 0.4) is 0 Å². The highest BCUT2D eigenvalue weighted by molar-refractivity contribution is 6.03. The molecule has 0 fully saturated rings. The molecule has 0 radical (unpaired) electrons. The van der Waals surface area contributed by atoms with Gasteiger partial charge in [0.05, 0.1) is 6.26 Å². The van der Waals surface area contributed by atoms with Gasteiger partial charge in [-0.05, 0) is 48.0 Å². The van der Waals surface area contributed by atoms with Crippen molar-refractivity contribution >= 4 is 23.2 Å². The van der Waals surface area contributed by atoms with Crippen LogP contribution in [0.2, 0.25) is 0 Å². The molecule has 0 aliphatic rings. The molecule has 0 atom stereocenters. The van der Waals surface area contributed by atoms with Gasteiger partial charge in [-0.25, -0.2) is 0 Å². The Bertz CT molecular complexity index is 947. The Morgan fingerprint density at radius 1 is 0.964 bits per heavy atom. The molecule has 28 heavy (non-hydrogen) atoms. The van der Waals surface area contributed by atoms with Gasteiger partial charge in [0.1, 0.15) is 0 Å². The third kappa shape index (κ3) is 4.59. The Morgan fingerprint density at radius 2 is 1.71 bits per heavy atom. The summed E-state index contributed by atoms with van der Waals surface area (Å²) in [5.41, 5.74) is 3.20. The molecule has 0 aliphatic heterocycles. The molecule has 144 valence electrons. The molecule has 1 heterocycles. The van der Waals surface area contributed by atoms with Crippen molar-refractivity contribution in [1.82, 2.24) is 4.90 Å². The lowest BCUT2D eigenvalue weighted by Gasteiger charge is -2.19. The number of hydrogen-bond donors (Lipinski definition) is 1. The number of rotatable bonds is 6. The Labute approximate surface area is 164 Å². The van der Waals surface area contributed by atoms with Gasteiger partial charge >= 0.3 is 0 Å². The molecular weight excluding hydrogens is 354 g/mol. The fourth-order valence-corrected chi connectivity index (χ4v) is 2.80. The summed E-state index contributed by atoms with van der Waals surface area (Å²) in [5, 5.41) is 2.74. The van der Waals surface area contributed by atoms with Crippen molar-refractivity contribution in [2.24, 2.45) is 0 Å². The number of carbonyl (C=O) groups excluding carboxylic acids is 2. The van der Waals surface area contributed by atoms with E-state index in [-0.39, 0.29) is 17.6 Å². The van der Waals surface area contributed by atoms with E-state index in [1.54, 1.807) is 48.3 Å². The number of nitrogens with one attached hydrogen (secondary N) is 1. The smallest absolute Gasteiger partial charge is 0.291 e. The second-order valence-electron chi connectivity index (χ2n) is 6.73. The molecular formula is C22H23N3O3. The lowest BCUT2D eigenvalue weighted by molar-refractivity contribution is 0.0784. The molecule has 3 rings (SSSR count). The molecule has 1 N–H and O–H groups in total. The van der Waals surface area contributed by atoms with E-state index in [0.717, 1.165) is 11.3 Å². The molecule has 3 aromatic rings. The van der Waals surface area contributed by atoms with Gasteiger partial charge in [0.15, 0.2) is 5.76 Å². The van der Waals surface area contributed by atoms with E-state index in [1.165, 1.54) is 6.26 Å². The van der Waals surface area contributed by atoms with Crippen LogP contribution in [0.5, 0.6) is 0 Å². The largest absolute Gasteiger partial charge is 0.459 e. The second-order valence-corrected chi connectivity index (χ2v) is 6.73. The average Bonchev–Trinajstić information content (AvgIpc) is 3.23. The number of hydrogen-bond acceptors (Lipinski definition) is 4. The predicted octanol–water partition coefficient (Wildman–Crippen LogP) is 3.87. The van der Waals surface area contributed by atoms with Crippen LogP contribution in [0.15, 0.2) is 71.3 Å². The first kappa shape index (κ1) is 19.2. The summed E-state index contributed by atoms with van der Waals surface area (Å²) in [6, 6.07) is 18.2. The summed E-state index contributed by atoms with van der Waals surface area (Å²) in [6.07, 6.45) is 1.44. The van der Waals surface area contributed by atoms with Crippen LogP contribution < -0.4 is 10.2 Å². The Balaban J connectivity index is 1.67. The van der Waals surface area contributed by atoms with Gasteiger partial charge in [-0.1, -0.05) is 18.2 Å². The van der Waals surface area contributed by atoms with E-state index in [1.807, 2.05) is 43.3 Å². The Kier molecular flexibility index (Phi) is 5.79. The molecule has 1 aromatic heterocycles. The summed E-state index contributed by atoms with van der Waals surface area (Å²) in [5.74, 6) is -0.260. The highest BCUT2D eigenvalue weighted by Crippen LogP contribution is 2.17. The van der Waals surface area contributed by atoms with E-state index in [9.17, 15) is 9.59 Å². The number of nitrogens with zero attached hydrogens (tertiary/aromatic N) is 2. The SMILES string of the molecule is CN(Cc1ccc(N(C)C)cc1)C(=O)c1cccc(NC(=O)c2ccco2)c1. The topological polar surface area (TPSA) is 65.8 Å². The summed E-state index contributed by atoms with van der Waals surface area (Å²) >= 11 is 0. The summed E-state index contributed by atoms with van der Waals surface area (Å²) in [7, 11) is 5.74. The van der Waals surface area contributed by atoms with E-state index in [4.69, 9.17) is 4.42 Å². The van der Waals surface area contributed by atoms with Crippen LogP contribution in [0.1, 0.15) is 26.5 Å². The number of furan rings is 1. The minimum atomic E-state index is -0.357. The van der Waals surface area contributed by atoms with Gasteiger partial charge in [-0.2, -0.15) is 0 Å². The zero-order chi connectivity index (χ0) is 20.1. The van der Waals surface area contributed by atoms with Gasteiger partial charge in [-0.3, -0.25) is 9.59 Å². The zero-order valence-corrected chi connectivity index (χ0v) is 16.2. The van der Waals surface area contributed by atoms with Crippen molar-refractivity contribution in [3.8, 4) is 0 Å². The molecule has 0 bridgehead atoms. The van der Waals surface area contributed by atoms with Gasteiger partial charge in [0.25, 0.3) is 11.8 Å². The number of carbonyl (C=O) groups is 2. The number of amides is 2. The quantitative estimate of drug-likeness (QED) is 0.708. The maximum atomic E-state index is 12.8. The Hall–Kier alpha value is -3.54. The average molecular weight is 377 g/mol. The van der Waals surface area contributed by atoms with E-state index >= 15 is 0 Å². The molecule has 6 heteroatoms. The number of anilines is 2. The highest BCUT2D eigenvalue weighted by Gasteiger charge is 2.14. The Morgan fingerprint density at radius 3 is 2.36 bits per heavy atom. The minimum Gasteiger partial charge on any atom is -0.459 e. The van der Waals surface area contributed by atoms with E-state index in [2.05, 4.69) is 5.32 Å². The van der Waals surface area contributed by atoms with Crippen LogP contribution in [0.4, 0.5) is 11.4 Å². The fourth-order valence-electron chi connectivity index (χ4n) is 2.80. The summed E-state index contributed by atoms with van der Waals surface area (Å²) in [6.45, 7) is 0.496. The van der Waals surface area contributed by atoms with Crippen LogP contribution in [-0.4, -0.2) is 37.9 Å². The molecule has 2 aromatic carbocycles. The maximum Gasteiger partial charge on any atom is 0.291 e. The zero-order valence-electron chi connectivity index (χ0n) is 16.2. The van der Waals surface area contributed by atoms with Crippen LogP contribution in [0, 0.1) is 0 Å². The van der Waals surface area contributed by atoms with E-state index < -0.39 is 0 Å². The second kappa shape index (κ2) is 8.43. The standard InChI is InChI=1S/C22H23N3O3/c1-24(2)19-11-9-16(10-12-19)15-25(3)22(27)17-6-4-7-18(14-17)23-21(26)20-8-5-13-28-20/h4-14H,15H2,1-3H3,(H,23,26). The van der Waals surface area contributed by atoms with Crippen LogP contribution in [-0.2, 0) is 6.54 Å². The maximum absolute atomic E-state index is 12.8. The third-order valence-corrected chi connectivity index (χ3v) is 4.33. The van der Waals surface area contributed by atoms with Crippen molar-refractivity contribution in [2.75, 3.05) is 31.4 Å². The van der Waals surface area contributed by atoms with Crippen LogP contribution in [0.25, 0.3) is 0 Å². The first-order valence-corrected chi connectivity index (χ1v) is 8.90. The molecule has 0 spiro atoms. The highest BCUT2D eigenvalue weighted by atomic mass is 16.3. The monoisotopic (exact) mass is 377 g/mol. The van der Waals surface area contributed by atoms with Crippen molar-refractivity contribution < 1.29 is 14.0 Å². The predicted molar refractivity (Wildman–Crippen MR) is 110 cm³/mol. The van der Waals surface area contributed by atoms with Gasteiger partial charge in [0, 0.05) is 44.6 Å². The first-order chi connectivity index (χ1) is 13.4. The van der Waals surface area contributed by atoms with E-state index in [0.29, 0.717) is 17.8 Å². The lowest BCUT2D eigenvalue weighted by Crippen LogP contribution is -2.26. The van der Waals surface area contributed by atoms with Crippen molar-refractivity contribution in [2.45, 2.75) is 6.54 Å². The van der Waals surface area contributed by atoms with Crippen molar-refractivity contribution in [1.29, 1.82) is 0 Å². The van der Waals surface area contributed by atoms with Crippen LogP contribution >= 0.6 is 0 Å². The molecule has 0 unspecified atom stereocenters. The third-order valence-electron chi connectivity index (χ3n) is 4.33. The fraction of sp³-hybridized carbons (Fsp3) is 0.182.